The lowest BCUT2D eigenvalue weighted by molar-refractivity contribution is -0.140. The molecule has 1 amide bonds. The number of hydrogen-bond acceptors (Lipinski definition) is 6. The van der Waals surface area contributed by atoms with Gasteiger partial charge in [-0.2, -0.15) is 0 Å². The molecule has 2 N–H and O–H groups in total. The van der Waals surface area contributed by atoms with Crippen molar-refractivity contribution in [2.24, 2.45) is 5.92 Å². The van der Waals surface area contributed by atoms with E-state index < -0.39 is 17.9 Å². The molecule has 0 spiro atoms. The molecule has 8 nitrogen and oxygen atoms in total. The molecule has 2 aromatic rings. The molecule has 0 saturated heterocycles. The maximum absolute atomic E-state index is 12.8. The van der Waals surface area contributed by atoms with Crippen LogP contribution < -0.4 is 10.1 Å². The van der Waals surface area contributed by atoms with Gasteiger partial charge in [-0.15, -0.1) is 0 Å². The molecule has 8 heteroatoms. The number of hydrogen-bond donors (Lipinski definition) is 2. The zero-order chi connectivity index (χ0) is 25.7. The number of carbonyl (C=O) groups excluding carboxylic acids is 1. The van der Waals surface area contributed by atoms with Gasteiger partial charge in [0, 0.05) is 36.2 Å². The first kappa shape index (κ1) is 26.1. The molecule has 4 rings (SSSR count). The number of pyridine rings is 2. The maximum Gasteiger partial charge on any atom is 0.326 e. The fourth-order valence-electron chi connectivity index (χ4n) is 5.28. The third-order valence-corrected chi connectivity index (χ3v) is 7.49. The standard InChI is InChI=1S/C28H37N3O5/c1-17-16-29-27(35-3)18(2)25(17)26(32)31-24(28(33)34)12-13-36-22-14-19(15-22)8-10-21-11-9-20-6-4-5-7-23(20)30-21/h9,11,16,19,22,24H,4-8,10,12-15H2,1-3H3,(H,31,32)(H,33,34)/t19?,22?,24-/m0/s1. The summed E-state index contributed by atoms with van der Waals surface area (Å²) in [6.07, 6.45) is 10.8. The second-order valence-corrected chi connectivity index (χ2v) is 10.1. The van der Waals surface area contributed by atoms with Crippen LogP contribution in [0.1, 0.15) is 77.0 Å². The number of amides is 1. The Morgan fingerprint density at radius 2 is 1.97 bits per heavy atom. The predicted octanol–water partition coefficient (Wildman–Crippen LogP) is 3.98. The number of nitrogens with one attached hydrogen (secondary N) is 1. The van der Waals surface area contributed by atoms with E-state index in [1.54, 1.807) is 20.0 Å². The van der Waals surface area contributed by atoms with Crippen molar-refractivity contribution in [3.63, 3.8) is 0 Å². The summed E-state index contributed by atoms with van der Waals surface area (Å²) in [6.45, 7) is 3.79. The van der Waals surface area contributed by atoms with Crippen molar-refractivity contribution in [2.75, 3.05) is 13.7 Å². The van der Waals surface area contributed by atoms with Gasteiger partial charge in [0.25, 0.3) is 5.91 Å². The van der Waals surface area contributed by atoms with Crippen LogP contribution in [0.2, 0.25) is 0 Å². The zero-order valence-corrected chi connectivity index (χ0v) is 21.5. The Bertz CT molecular complexity index is 1100. The molecular weight excluding hydrogens is 458 g/mol. The number of fused-ring (bicyclic) bond motifs is 1. The van der Waals surface area contributed by atoms with Crippen LogP contribution in [0.15, 0.2) is 18.3 Å². The lowest BCUT2D eigenvalue weighted by Crippen LogP contribution is -2.42. The third-order valence-electron chi connectivity index (χ3n) is 7.49. The van der Waals surface area contributed by atoms with E-state index in [9.17, 15) is 14.7 Å². The number of aliphatic carboxylic acids is 1. The zero-order valence-electron chi connectivity index (χ0n) is 21.5. The van der Waals surface area contributed by atoms with E-state index in [1.807, 2.05) is 0 Å². The van der Waals surface area contributed by atoms with E-state index in [0.717, 1.165) is 38.5 Å². The Hall–Kier alpha value is -3.00. The van der Waals surface area contributed by atoms with Crippen LogP contribution in [-0.2, 0) is 28.8 Å². The summed E-state index contributed by atoms with van der Waals surface area (Å²) >= 11 is 0. The molecule has 0 radical (unpaired) electrons. The summed E-state index contributed by atoms with van der Waals surface area (Å²) in [5.74, 6) is -0.553. The SMILES string of the molecule is COc1ncc(C)c(C(=O)N[C@@H](CCOC2CC(CCc3ccc4c(n3)CCCC4)C2)C(=O)O)c1C. The molecular formula is C28H37N3O5. The Kier molecular flexibility index (Phi) is 8.56. The molecule has 1 saturated carbocycles. The number of carbonyl (C=O) groups is 2. The van der Waals surface area contributed by atoms with Gasteiger partial charge < -0.3 is 19.9 Å². The van der Waals surface area contributed by atoms with Gasteiger partial charge in [0.2, 0.25) is 5.88 Å². The molecule has 194 valence electrons. The van der Waals surface area contributed by atoms with E-state index in [1.165, 1.54) is 36.9 Å². The number of ether oxygens (including phenoxy) is 2. The van der Waals surface area contributed by atoms with Crippen LogP contribution in [0.25, 0.3) is 0 Å². The second-order valence-electron chi connectivity index (χ2n) is 10.1. The van der Waals surface area contributed by atoms with Gasteiger partial charge in [0.05, 0.1) is 18.8 Å². The highest BCUT2D eigenvalue weighted by atomic mass is 16.5. The summed E-state index contributed by atoms with van der Waals surface area (Å²) in [4.78, 5) is 33.6. The number of aryl methyl sites for hydroxylation is 4. The molecule has 2 heterocycles. The number of nitrogens with zero attached hydrogens (tertiary/aromatic N) is 2. The predicted molar refractivity (Wildman–Crippen MR) is 135 cm³/mol. The topological polar surface area (TPSA) is 111 Å². The molecule has 1 atom stereocenters. The van der Waals surface area contributed by atoms with Crippen LogP contribution in [-0.4, -0.2) is 52.8 Å². The van der Waals surface area contributed by atoms with E-state index >= 15 is 0 Å². The van der Waals surface area contributed by atoms with Gasteiger partial charge in [-0.1, -0.05) is 6.07 Å². The average molecular weight is 496 g/mol. The Labute approximate surface area is 212 Å². The van der Waals surface area contributed by atoms with Crippen molar-refractivity contribution in [3.8, 4) is 5.88 Å². The highest BCUT2D eigenvalue weighted by molar-refractivity contribution is 5.99. The Morgan fingerprint density at radius 3 is 2.72 bits per heavy atom. The number of methoxy groups -OCH3 is 1. The van der Waals surface area contributed by atoms with Crippen molar-refractivity contribution in [1.82, 2.24) is 15.3 Å². The molecule has 36 heavy (non-hydrogen) atoms. The minimum absolute atomic E-state index is 0.158. The third kappa shape index (κ3) is 6.22. The van der Waals surface area contributed by atoms with E-state index in [-0.39, 0.29) is 12.5 Å². The summed E-state index contributed by atoms with van der Waals surface area (Å²) in [7, 11) is 1.49. The van der Waals surface area contributed by atoms with Crippen molar-refractivity contribution in [3.05, 3.63) is 52.0 Å². The maximum atomic E-state index is 12.8. The number of carboxylic acids is 1. The molecule has 0 aliphatic heterocycles. The van der Waals surface area contributed by atoms with Gasteiger partial charge in [-0.25, -0.2) is 9.78 Å². The molecule has 0 bridgehead atoms. The molecule has 2 aliphatic carbocycles. The number of carboxylic acid groups (broad SMARTS) is 1. The summed E-state index contributed by atoms with van der Waals surface area (Å²) < 4.78 is 11.1. The van der Waals surface area contributed by atoms with E-state index in [2.05, 4.69) is 22.4 Å². The van der Waals surface area contributed by atoms with Gasteiger partial charge >= 0.3 is 5.97 Å². The van der Waals surface area contributed by atoms with Gasteiger partial charge in [-0.3, -0.25) is 9.78 Å². The second kappa shape index (κ2) is 11.8. The minimum Gasteiger partial charge on any atom is -0.481 e. The van der Waals surface area contributed by atoms with Crippen LogP contribution in [0.4, 0.5) is 0 Å². The van der Waals surface area contributed by atoms with E-state index in [0.29, 0.717) is 35.1 Å². The van der Waals surface area contributed by atoms with Crippen molar-refractivity contribution in [2.45, 2.75) is 83.8 Å². The molecule has 1 fully saturated rings. The minimum atomic E-state index is -1.08. The normalized spacial score (nSPS) is 19.6. The number of rotatable bonds is 11. The summed E-state index contributed by atoms with van der Waals surface area (Å²) in [6, 6.07) is 3.42. The van der Waals surface area contributed by atoms with Crippen LogP contribution in [0.3, 0.4) is 0 Å². The average Bonchev–Trinajstić information content (AvgIpc) is 2.84. The molecule has 0 unspecified atom stereocenters. The Balaban J connectivity index is 1.19. The molecule has 2 aliphatic rings. The smallest absolute Gasteiger partial charge is 0.326 e. The van der Waals surface area contributed by atoms with Gasteiger partial charge in [0.15, 0.2) is 0 Å². The van der Waals surface area contributed by atoms with Gasteiger partial charge in [-0.05, 0) is 88.3 Å². The monoisotopic (exact) mass is 495 g/mol. The largest absolute Gasteiger partial charge is 0.481 e. The Morgan fingerprint density at radius 1 is 1.19 bits per heavy atom. The number of aromatic nitrogens is 2. The first-order chi connectivity index (χ1) is 17.4. The van der Waals surface area contributed by atoms with Crippen molar-refractivity contribution in [1.29, 1.82) is 0 Å². The fourth-order valence-corrected chi connectivity index (χ4v) is 5.28. The molecule has 2 aromatic heterocycles. The quantitative estimate of drug-likeness (QED) is 0.485. The van der Waals surface area contributed by atoms with E-state index in [4.69, 9.17) is 14.5 Å². The highest BCUT2D eigenvalue weighted by Gasteiger charge is 2.30. The first-order valence-corrected chi connectivity index (χ1v) is 13.0. The van der Waals surface area contributed by atoms with Crippen LogP contribution in [0.5, 0.6) is 5.88 Å². The lowest BCUT2D eigenvalue weighted by Gasteiger charge is -2.35. The van der Waals surface area contributed by atoms with Crippen molar-refractivity contribution < 1.29 is 24.2 Å². The summed E-state index contributed by atoms with van der Waals surface area (Å²) in [5.41, 5.74) is 5.55. The molecule has 0 aromatic carbocycles. The van der Waals surface area contributed by atoms with Crippen molar-refractivity contribution >= 4 is 11.9 Å². The fraction of sp³-hybridized carbons (Fsp3) is 0.571. The van der Waals surface area contributed by atoms with Crippen LogP contribution in [0, 0.1) is 19.8 Å². The van der Waals surface area contributed by atoms with Gasteiger partial charge in [0.1, 0.15) is 6.04 Å². The summed E-state index contributed by atoms with van der Waals surface area (Å²) in [5, 5.41) is 12.3. The first-order valence-electron chi connectivity index (χ1n) is 13.0. The van der Waals surface area contributed by atoms with Crippen LogP contribution >= 0.6 is 0 Å². The lowest BCUT2D eigenvalue weighted by atomic mass is 9.79. The highest BCUT2D eigenvalue weighted by Crippen LogP contribution is 2.34.